The molecule has 47 heavy (non-hydrogen) atoms. The van der Waals surface area contributed by atoms with Crippen molar-refractivity contribution < 1.29 is 22.7 Å². The van der Waals surface area contributed by atoms with E-state index in [0.717, 1.165) is 9.87 Å². The Kier molecular flexibility index (Phi) is 12.9. The van der Waals surface area contributed by atoms with Crippen LogP contribution in [0.5, 0.6) is 5.75 Å². The molecule has 0 heterocycles. The summed E-state index contributed by atoms with van der Waals surface area (Å²) in [5.41, 5.74) is 1.74. The third-order valence-electron chi connectivity index (χ3n) is 7.37. The first kappa shape index (κ1) is 36.0. The topological polar surface area (TPSA) is 96.0 Å². The molecule has 0 aliphatic carbocycles. The normalized spacial score (nSPS) is 12.0. The quantitative estimate of drug-likeness (QED) is 0.140. The van der Waals surface area contributed by atoms with Gasteiger partial charge in [-0.25, -0.2) is 8.42 Å². The minimum absolute atomic E-state index is 0.00977. The van der Waals surface area contributed by atoms with E-state index in [-0.39, 0.29) is 35.4 Å². The number of anilines is 1. The summed E-state index contributed by atoms with van der Waals surface area (Å²) in [5.74, 6) is -0.171. The molecular formula is C36H39BrClN3O5S. The summed E-state index contributed by atoms with van der Waals surface area (Å²) < 4.78 is 35.8. The molecule has 0 aliphatic rings. The number of hydrogen-bond acceptors (Lipinski definition) is 5. The van der Waals surface area contributed by atoms with Gasteiger partial charge in [0.25, 0.3) is 10.0 Å². The fourth-order valence-corrected chi connectivity index (χ4v) is 6.80. The van der Waals surface area contributed by atoms with Gasteiger partial charge in [-0.05, 0) is 78.6 Å². The first-order chi connectivity index (χ1) is 22.5. The van der Waals surface area contributed by atoms with Gasteiger partial charge in [0, 0.05) is 29.0 Å². The van der Waals surface area contributed by atoms with Crippen LogP contribution in [0.4, 0.5) is 5.69 Å². The summed E-state index contributed by atoms with van der Waals surface area (Å²) >= 11 is 9.93. The van der Waals surface area contributed by atoms with Gasteiger partial charge in [-0.15, -0.1) is 0 Å². The van der Waals surface area contributed by atoms with Crippen LogP contribution in [-0.2, 0) is 32.6 Å². The number of rotatable bonds is 15. The van der Waals surface area contributed by atoms with E-state index < -0.39 is 28.5 Å². The van der Waals surface area contributed by atoms with E-state index in [2.05, 4.69) is 21.2 Å². The molecule has 8 nitrogen and oxygen atoms in total. The van der Waals surface area contributed by atoms with Crippen LogP contribution in [0.3, 0.4) is 0 Å². The molecule has 0 aliphatic heterocycles. The Labute approximate surface area is 290 Å². The number of sulfonamides is 1. The number of ether oxygens (including phenoxy) is 1. The lowest BCUT2D eigenvalue weighted by molar-refractivity contribution is -0.140. The molecule has 0 saturated carbocycles. The second kappa shape index (κ2) is 16.8. The highest BCUT2D eigenvalue weighted by Crippen LogP contribution is 2.28. The molecule has 0 fully saturated rings. The zero-order valence-electron chi connectivity index (χ0n) is 26.6. The molecule has 4 aromatic rings. The van der Waals surface area contributed by atoms with E-state index in [1.807, 2.05) is 51.1 Å². The summed E-state index contributed by atoms with van der Waals surface area (Å²) in [5, 5.41) is 3.41. The molecule has 4 aromatic carbocycles. The number of nitrogens with one attached hydrogen (secondary N) is 1. The standard InChI is InChI=1S/C36H39BrClN3O5S/c1-4-46-31-18-16-30(17-19-31)41(47(44,45)32-20-14-29(37)15-21-32)25-35(42)40(24-28-12-8-9-13-33(28)38)34(36(43)39-23-26(2)3)22-27-10-6-5-7-11-27/h5-21,26,34H,4,22-25H2,1-3H3,(H,39,43)/t34-/m0/s1. The van der Waals surface area contributed by atoms with Gasteiger partial charge in [0.2, 0.25) is 11.8 Å². The molecule has 4 rings (SSSR count). The first-order valence-electron chi connectivity index (χ1n) is 15.3. The zero-order valence-corrected chi connectivity index (χ0v) is 29.8. The van der Waals surface area contributed by atoms with Crippen molar-refractivity contribution in [1.29, 1.82) is 0 Å². The number of carbonyl (C=O) groups excluding carboxylic acids is 2. The fraction of sp³-hybridized carbons (Fsp3) is 0.278. The van der Waals surface area contributed by atoms with Gasteiger partial charge in [0.1, 0.15) is 18.3 Å². The average molecular weight is 741 g/mol. The molecule has 1 atom stereocenters. The summed E-state index contributed by atoms with van der Waals surface area (Å²) in [6.45, 7) is 6.10. The maximum absolute atomic E-state index is 14.6. The van der Waals surface area contributed by atoms with E-state index in [4.69, 9.17) is 16.3 Å². The van der Waals surface area contributed by atoms with Crippen LogP contribution in [0.15, 0.2) is 112 Å². The Bertz CT molecular complexity index is 1740. The van der Waals surface area contributed by atoms with Crippen LogP contribution in [0.1, 0.15) is 31.9 Å². The third-order valence-corrected chi connectivity index (χ3v) is 10.1. The second-order valence-corrected chi connectivity index (χ2v) is 14.5. The van der Waals surface area contributed by atoms with Crippen molar-refractivity contribution in [3.63, 3.8) is 0 Å². The van der Waals surface area contributed by atoms with Gasteiger partial charge in [0.15, 0.2) is 0 Å². The summed E-state index contributed by atoms with van der Waals surface area (Å²) in [6, 6.07) is 28.3. The second-order valence-electron chi connectivity index (χ2n) is 11.4. The summed E-state index contributed by atoms with van der Waals surface area (Å²) in [6.07, 6.45) is 0.212. The van der Waals surface area contributed by atoms with Crippen LogP contribution in [0.2, 0.25) is 5.02 Å². The van der Waals surface area contributed by atoms with E-state index >= 15 is 0 Å². The number of carbonyl (C=O) groups is 2. The van der Waals surface area contributed by atoms with Crippen LogP contribution in [-0.4, -0.2) is 50.9 Å². The van der Waals surface area contributed by atoms with Crippen molar-refractivity contribution >= 4 is 55.1 Å². The van der Waals surface area contributed by atoms with Gasteiger partial charge in [-0.1, -0.05) is 89.9 Å². The van der Waals surface area contributed by atoms with Crippen LogP contribution >= 0.6 is 27.5 Å². The Morgan fingerprint density at radius 1 is 0.894 bits per heavy atom. The number of hydrogen-bond donors (Lipinski definition) is 1. The van der Waals surface area contributed by atoms with Crippen molar-refractivity contribution in [3.05, 3.63) is 124 Å². The Hall–Kier alpha value is -3.86. The largest absolute Gasteiger partial charge is 0.494 e. The predicted octanol–water partition coefficient (Wildman–Crippen LogP) is 7.11. The number of halogens is 2. The maximum Gasteiger partial charge on any atom is 0.264 e. The minimum atomic E-state index is -4.23. The SMILES string of the molecule is CCOc1ccc(N(CC(=O)N(Cc2ccccc2Cl)[C@@H](Cc2ccccc2)C(=O)NCC(C)C)S(=O)(=O)c2ccc(Br)cc2)cc1. The lowest BCUT2D eigenvalue weighted by atomic mass is 10.0. The highest BCUT2D eigenvalue weighted by atomic mass is 79.9. The van der Waals surface area contributed by atoms with Gasteiger partial charge < -0.3 is 15.0 Å². The van der Waals surface area contributed by atoms with Gasteiger partial charge in [-0.3, -0.25) is 13.9 Å². The van der Waals surface area contributed by atoms with Crippen molar-refractivity contribution in [3.8, 4) is 5.75 Å². The van der Waals surface area contributed by atoms with Crippen molar-refractivity contribution in [2.45, 2.75) is 44.7 Å². The van der Waals surface area contributed by atoms with Crippen molar-refractivity contribution in [2.24, 2.45) is 5.92 Å². The lowest BCUT2D eigenvalue weighted by Gasteiger charge is -2.34. The van der Waals surface area contributed by atoms with Crippen LogP contribution in [0, 0.1) is 5.92 Å². The monoisotopic (exact) mass is 739 g/mol. The molecule has 0 unspecified atom stereocenters. The fourth-order valence-electron chi connectivity index (χ4n) is 4.92. The van der Waals surface area contributed by atoms with E-state index in [1.54, 1.807) is 60.7 Å². The highest BCUT2D eigenvalue weighted by Gasteiger charge is 2.35. The van der Waals surface area contributed by atoms with Crippen molar-refractivity contribution in [2.75, 3.05) is 24.0 Å². The summed E-state index contributed by atoms with van der Waals surface area (Å²) in [7, 11) is -4.23. The maximum atomic E-state index is 14.6. The number of benzene rings is 4. The smallest absolute Gasteiger partial charge is 0.264 e. The number of amides is 2. The molecule has 248 valence electrons. The predicted molar refractivity (Wildman–Crippen MR) is 190 cm³/mol. The van der Waals surface area contributed by atoms with E-state index in [9.17, 15) is 18.0 Å². The van der Waals surface area contributed by atoms with Gasteiger partial charge in [0.05, 0.1) is 17.2 Å². The Balaban J connectivity index is 1.80. The first-order valence-corrected chi connectivity index (χ1v) is 18.0. The molecule has 0 aromatic heterocycles. The molecule has 11 heteroatoms. The van der Waals surface area contributed by atoms with Crippen LogP contribution in [0.25, 0.3) is 0 Å². The lowest BCUT2D eigenvalue weighted by Crippen LogP contribution is -2.53. The van der Waals surface area contributed by atoms with Crippen molar-refractivity contribution in [1.82, 2.24) is 10.2 Å². The molecular weight excluding hydrogens is 702 g/mol. The molecule has 0 saturated heterocycles. The zero-order chi connectivity index (χ0) is 34.0. The van der Waals surface area contributed by atoms with E-state index in [1.165, 1.54) is 17.0 Å². The Morgan fingerprint density at radius 2 is 1.53 bits per heavy atom. The number of nitrogens with zero attached hydrogens (tertiary/aromatic N) is 2. The molecule has 0 bridgehead atoms. The average Bonchev–Trinajstić information content (AvgIpc) is 3.06. The molecule has 1 N–H and O–H groups in total. The molecule has 2 amide bonds. The Morgan fingerprint density at radius 3 is 2.15 bits per heavy atom. The van der Waals surface area contributed by atoms with E-state index in [0.29, 0.717) is 34.0 Å². The minimum Gasteiger partial charge on any atom is -0.494 e. The summed E-state index contributed by atoms with van der Waals surface area (Å²) in [4.78, 5) is 29.9. The molecule has 0 spiro atoms. The van der Waals surface area contributed by atoms with Gasteiger partial charge in [-0.2, -0.15) is 0 Å². The highest BCUT2D eigenvalue weighted by molar-refractivity contribution is 9.10. The molecule has 0 radical (unpaired) electrons. The third kappa shape index (κ3) is 9.82. The van der Waals surface area contributed by atoms with Crippen LogP contribution < -0.4 is 14.4 Å². The van der Waals surface area contributed by atoms with Gasteiger partial charge >= 0.3 is 0 Å².